The Morgan fingerprint density at radius 1 is 1.52 bits per heavy atom. The molecule has 1 fully saturated rings. The number of likely N-dealkylation sites (tertiary alicyclic amines) is 1. The topological polar surface area (TPSA) is 54.5 Å². The Balaban J connectivity index is 1.61. The third-order valence-electron chi connectivity index (χ3n) is 4.60. The number of halogens is 1. The van der Waals surface area contributed by atoms with Gasteiger partial charge in [0.1, 0.15) is 11.6 Å². The maximum atomic E-state index is 13.6. The van der Waals surface area contributed by atoms with E-state index in [1.807, 2.05) is 12.4 Å². The van der Waals surface area contributed by atoms with Crippen LogP contribution in [0.2, 0.25) is 0 Å². The Bertz CT molecular complexity index is 737. The van der Waals surface area contributed by atoms with Crippen LogP contribution < -0.4 is 10.1 Å². The van der Waals surface area contributed by atoms with Crippen molar-refractivity contribution in [2.75, 3.05) is 25.5 Å². The third kappa shape index (κ3) is 2.49. The summed E-state index contributed by atoms with van der Waals surface area (Å²) in [6, 6.07) is 4.59. The zero-order valence-corrected chi connectivity index (χ0v) is 13.3. The van der Waals surface area contributed by atoms with Crippen molar-refractivity contribution >= 4 is 22.4 Å². The maximum Gasteiger partial charge on any atom is 0.231 e. The summed E-state index contributed by atoms with van der Waals surface area (Å²) < 4.78 is 19.4. The van der Waals surface area contributed by atoms with Crippen molar-refractivity contribution in [2.24, 2.45) is 11.8 Å². The molecule has 2 aliphatic heterocycles. The number of aromatic nitrogens is 1. The highest BCUT2D eigenvalue weighted by atomic mass is 32.1. The summed E-state index contributed by atoms with van der Waals surface area (Å²) in [5.74, 6) is 0.180. The molecule has 3 heterocycles. The number of fused-ring (bicyclic) bond motifs is 3. The standard InChI is InChI=1S/C16H16FN3O2S/c1-20-7-11(15(21)19-16-18-4-5-23-16)12-8-22-13-3-2-9(17)6-10(13)14(12)20/h2-6,11-12,14H,7-8H2,1H3,(H,18,19,21)/t11-,12+,14+/m1/s1. The molecule has 1 amide bonds. The van der Waals surface area contributed by atoms with Crippen LogP contribution in [0.15, 0.2) is 29.8 Å². The Hall–Kier alpha value is -1.99. The summed E-state index contributed by atoms with van der Waals surface area (Å²) in [6.07, 6.45) is 1.66. The molecule has 1 aromatic heterocycles. The number of hydrogen-bond acceptors (Lipinski definition) is 5. The lowest BCUT2D eigenvalue weighted by Crippen LogP contribution is -2.34. The fraction of sp³-hybridized carbons (Fsp3) is 0.375. The minimum atomic E-state index is -0.280. The number of thiazole rings is 1. The quantitative estimate of drug-likeness (QED) is 0.918. The SMILES string of the molecule is CN1C[C@@H](C(=O)Nc2nccs2)[C@@H]2COc3ccc(F)cc3[C@@H]21. The highest BCUT2D eigenvalue weighted by Crippen LogP contribution is 2.47. The molecule has 2 aliphatic rings. The van der Waals surface area contributed by atoms with Crippen molar-refractivity contribution in [1.29, 1.82) is 0 Å². The van der Waals surface area contributed by atoms with E-state index in [1.165, 1.54) is 23.5 Å². The zero-order valence-electron chi connectivity index (χ0n) is 12.5. The predicted octanol–water partition coefficient (Wildman–Crippen LogP) is 2.53. The first-order valence-electron chi connectivity index (χ1n) is 7.46. The average molecular weight is 333 g/mol. The van der Waals surface area contributed by atoms with Crippen LogP contribution in [0.25, 0.3) is 0 Å². The monoisotopic (exact) mass is 333 g/mol. The van der Waals surface area contributed by atoms with Crippen molar-refractivity contribution in [2.45, 2.75) is 6.04 Å². The first-order chi connectivity index (χ1) is 11.1. The van der Waals surface area contributed by atoms with Crippen LogP contribution in [0.1, 0.15) is 11.6 Å². The summed E-state index contributed by atoms with van der Waals surface area (Å²) in [4.78, 5) is 18.8. The normalized spacial score (nSPS) is 26.3. The number of amides is 1. The summed E-state index contributed by atoms with van der Waals surface area (Å²) >= 11 is 1.39. The lowest BCUT2D eigenvalue weighted by molar-refractivity contribution is -0.121. The molecule has 0 saturated carbocycles. The molecule has 1 aromatic carbocycles. The van der Waals surface area contributed by atoms with Crippen LogP contribution >= 0.6 is 11.3 Å². The molecule has 4 rings (SSSR count). The van der Waals surface area contributed by atoms with Crippen molar-refractivity contribution in [1.82, 2.24) is 9.88 Å². The van der Waals surface area contributed by atoms with Crippen LogP contribution in [-0.2, 0) is 4.79 Å². The second kappa shape index (κ2) is 5.58. The van der Waals surface area contributed by atoms with Crippen LogP contribution in [0.3, 0.4) is 0 Å². The Labute approximate surface area is 137 Å². The van der Waals surface area contributed by atoms with Crippen molar-refractivity contribution in [3.63, 3.8) is 0 Å². The second-order valence-electron chi connectivity index (χ2n) is 5.97. The number of nitrogens with one attached hydrogen (secondary N) is 1. The van der Waals surface area contributed by atoms with E-state index >= 15 is 0 Å². The lowest BCUT2D eigenvalue weighted by Gasteiger charge is -2.32. The Morgan fingerprint density at radius 2 is 2.39 bits per heavy atom. The number of carbonyl (C=O) groups is 1. The minimum absolute atomic E-state index is 0.00138. The summed E-state index contributed by atoms with van der Waals surface area (Å²) in [7, 11) is 1.97. The molecule has 0 bridgehead atoms. The van der Waals surface area contributed by atoms with Crippen LogP contribution in [0.5, 0.6) is 5.75 Å². The molecule has 0 aliphatic carbocycles. The van der Waals surface area contributed by atoms with E-state index < -0.39 is 0 Å². The van der Waals surface area contributed by atoms with Gasteiger partial charge in [-0.15, -0.1) is 11.3 Å². The highest BCUT2D eigenvalue weighted by molar-refractivity contribution is 7.13. The lowest BCUT2D eigenvalue weighted by atomic mass is 9.85. The Morgan fingerprint density at radius 3 is 3.17 bits per heavy atom. The van der Waals surface area contributed by atoms with Crippen LogP contribution in [-0.4, -0.2) is 36.0 Å². The molecule has 0 unspecified atom stereocenters. The van der Waals surface area contributed by atoms with Gasteiger partial charge in [-0.1, -0.05) is 0 Å². The molecule has 0 radical (unpaired) electrons. The second-order valence-corrected chi connectivity index (χ2v) is 6.87. The van der Waals surface area contributed by atoms with E-state index in [0.29, 0.717) is 24.0 Å². The summed E-state index contributed by atoms with van der Waals surface area (Å²) in [5.41, 5.74) is 0.827. The largest absolute Gasteiger partial charge is 0.493 e. The number of carbonyl (C=O) groups excluding carboxylic acids is 1. The van der Waals surface area contributed by atoms with Gasteiger partial charge in [0.15, 0.2) is 5.13 Å². The molecular formula is C16H16FN3O2S. The summed E-state index contributed by atoms with van der Waals surface area (Å²) in [6.45, 7) is 1.08. The van der Waals surface area contributed by atoms with Gasteiger partial charge in [0, 0.05) is 35.6 Å². The number of nitrogens with zero attached hydrogens (tertiary/aromatic N) is 2. The van der Waals surface area contributed by atoms with Crippen molar-refractivity contribution in [3.05, 3.63) is 41.2 Å². The molecule has 1 N–H and O–H groups in total. The van der Waals surface area contributed by atoms with Gasteiger partial charge >= 0.3 is 0 Å². The van der Waals surface area contributed by atoms with Crippen LogP contribution in [0, 0.1) is 17.7 Å². The molecule has 120 valence electrons. The molecule has 5 nitrogen and oxygen atoms in total. The van der Waals surface area contributed by atoms with Gasteiger partial charge in [-0.3, -0.25) is 9.69 Å². The average Bonchev–Trinajstić information content (AvgIpc) is 3.15. The Kier molecular flexibility index (Phi) is 3.54. The minimum Gasteiger partial charge on any atom is -0.493 e. The fourth-order valence-electron chi connectivity index (χ4n) is 3.61. The fourth-order valence-corrected chi connectivity index (χ4v) is 4.14. The van der Waals surface area contributed by atoms with E-state index in [9.17, 15) is 9.18 Å². The first kappa shape index (κ1) is 14.6. The smallest absolute Gasteiger partial charge is 0.231 e. The number of anilines is 1. The number of hydrogen-bond donors (Lipinski definition) is 1. The van der Waals surface area contributed by atoms with Gasteiger partial charge in [-0.05, 0) is 25.2 Å². The van der Waals surface area contributed by atoms with Gasteiger partial charge in [0.25, 0.3) is 0 Å². The maximum absolute atomic E-state index is 13.6. The van der Waals surface area contributed by atoms with E-state index in [2.05, 4.69) is 15.2 Å². The van der Waals surface area contributed by atoms with Crippen molar-refractivity contribution in [3.8, 4) is 5.75 Å². The molecule has 3 atom stereocenters. The van der Waals surface area contributed by atoms with E-state index in [4.69, 9.17) is 4.74 Å². The van der Waals surface area contributed by atoms with Gasteiger partial charge in [-0.25, -0.2) is 9.37 Å². The number of ether oxygens (including phenoxy) is 1. The molecular weight excluding hydrogens is 317 g/mol. The molecule has 2 aromatic rings. The van der Waals surface area contributed by atoms with Gasteiger partial charge in [-0.2, -0.15) is 0 Å². The number of benzene rings is 1. The predicted molar refractivity (Wildman–Crippen MR) is 85.0 cm³/mol. The zero-order chi connectivity index (χ0) is 16.0. The van der Waals surface area contributed by atoms with E-state index in [1.54, 1.807) is 12.3 Å². The highest BCUT2D eigenvalue weighted by Gasteiger charge is 2.47. The van der Waals surface area contributed by atoms with Crippen molar-refractivity contribution < 1.29 is 13.9 Å². The van der Waals surface area contributed by atoms with Crippen LogP contribution in [0.4, 0.5) is 9.52 Å². The first-order valence-corrected chi connectivity index (χ1v) is 8.34. The molecule has 0 spiro atoms. The van der Waals surface area contributed by atoms with Gasteiger partial charge in [0.05, 0.1) is 12.5 Å². The van der Waals surface area contributed by atoms with E-state index in [0.717, 1.165) is 5.56 Å². The molecule has 1 saturated heterocycles. The molecule has 7 heteroatoms. The van der Waals surface area contributed by atoms with Gasteiger partial charge in [0.2, 0.25) is 5.91 Å². The van der Waals surface area contributed by atoms with E-state index in [-0.39, 0.29) is 29.6 Å². The third-order valence-corrected chi connectivity index (χ3v) is 5.29. The van der Waals surface area contributed by atoms with Gasteiger partial charge < -0.3 is 10.1 Å². The summed E-state index contributed by atoms with van der Waals surface area (Å²) in [5, 5.41) is 5.29. The number of rotatable bonds is 2. The molecule has 23 heavy (non-hydrogen) atoms.